The zero-order valence-electron chi connectivity index (χ0n) is 8.39. The first-order chi connectivity index (χ1) is 6.60. The molecule has 0 radical (unpaired) electrons. The fourth-order valence-electron chi connectivity index (χ4n) is 0.748. The van der Waals surface area contributed by atoms with Gasteiger partial charge in [-0.25, -0.2) is 0 Å². The summed E-state index contributed by atoms with van der Waals surface area (Å²) in [5, 5.41) is 0. The van der Waals surface area contributed by atoms with Gasteiger partial charge < -0.3 is 4.74 Å². The number of allylic oxidation sites excluding steroid dienone is 5. The minimum absolute atomic E-state index is 0.890. The molecule has 0 atom stereocenters. The molecule has 0 saturated heterocycles. The molecule has 0 aliphatic heterocycles. The van der Waals surface area contributed by atoms with Gasteiger partial charge in [-0.15, -0.1) is 0 Å². The minimum Gasteiger partial charge on any atom is -0.504 e. The first-order valence-electron chi connectivity index (χ1n) is 4.21. The Labute approximate surface area is 102 Å². The number of ether oxygens (including phenoxy) is 1. The summed E-state index contributed by atoms with van der Waals surface area (Å²) in [6.07, 6.45) is 8.41. The van der Waals surface area contributed by atoms with Crippen molar-refractivity contribution in [2.45, 2.75) is 13.3 Å². The van der Waals surface area contributed by atoms with E-state index < -0.39 is 0 Å². The van der Waals surface area contributed by atoms with Gasteiger partial charge in [-0.1, -0.05) is 25.2 Å². The van der Waals surface area contributed by atoms with Gasteiger partial charge in [0.25, 0.3) is 0 Å². The number of methoxy groups -OCH3 is 1. The Balaban J connectivity index is 4.72. The molecular weight excluding hydrogens is 308 g/mol. The van der Waals surface area contributed by atoms with Gasteiger partial charge >= 0.3 is 0 Å². The van der Waals surface area contributed by atoms with Crippen LogP contribution >= 0.6 is 31.9 Å². The lowest BCUT2D eigenvalue weighted by molar-refractivity contribution is 0.338. The third-order valence-corrected chi connectivity index (χ3v) is 1.96. The highest BCUT2D eigenvalue weighted by molar-refractivity contribution is 9.28. The van der Waals surface area contributed by atoms with Gasteiger partial charge in [0.1, 0.15) is 0 Å². The topological polar surface area (TPSA) is 9.23 Å². The minimum atomic E-state index is 0.890. The van der Waals surface area contributed by atoms with Gasteiger partial charge in [0, 0.05) is 0 Å². The molecule has 0 saturated carbocycles. The van der Waals surface area contributed by atoms with Crippen molar-refractivity contribution in [3.05, 3.63) is 45.6 Å². The number of hydrogen-bond donors (Lipinski definition) is 0. The van der Waals surface area contributed by atoms with Gasteiger partial charge in [0.15, 0.2) is 0 Å². The van der Waals surface area contributed by atoms with Gasteiger partial charge in [-0.3, -0.25) is 0 Å². The highest BCUT2D eigenvalue weighted by Gasteiger charge is 1.91. The van der Waals surface area contributed by atoms with Crippen molar-refractivity contribution in [3.63, 3.8) is 0 Å². The molecule has 0 aliphatic carbocycles. The van der Waals surface area contributed by atoms with Crippen LogP contribution in [-0.4, -0.2) is 7.11 Å². The van der Waals surface area contributed by atoms with Crippen molar-refractivity contribution in [1.29, 1.82) is 0 Å². The van der Waals surface area contributed by atoms with E-state index in [4.69, 9.17) is 4.74 Å². The molecule has 78 valence electrons. The van der Waals surface area contributed by atoms with Crippen LogP contribution < -0.4 is 0 Å². The third-order valence-electron chi connectivity index (χ3n) is 1.50. The van der Waals surface area contributed by atoms with Crippen LogP contribution in [0, 0.1) is 0 Å². The van der Waals surface area contributed by atoms with Gasteiger partial charge in [0.2, 0.25) is 0 Å². The Hall–Kier alpha value is -0.280. The molecule has 0 spiro atoms. The molecule has 0 aromatic heterocycles. The predicted octanol–water partition coefficient (Wildman–Crippen LogP) is 4.67. The summed E-state index contributed by atoms with van der Waals surface area (Å²) in [6, 6.07) is 0. The molecule has 0 aromatic rings. The molecule has 0 heterocycles. The average Bonchev–Trinajstić information content (AvgIpc) is 2.13. The Morgan fingerprint density at radius 3 is 2.43 bits per heavy atom. The summed E-state index contributed by atoms with van der Waals surface area (Å²) in [6.45, 7) is 5.99. The summed E-state index contributed by atoms with van der Waals surface area (Å²) in [5.41, 5.74) is 2.11. The Kier molecular flexibility index (Phi) is 7.90. The van der Waals surface area contributed by atoms with E-state index in [2.05, 4.69) is 45.4 Å². The summed E-state index contributed by atoms with van der Waals surface area (Å²) in [5.74, 6) is 0. The molecule has 3 heteroatoms. The Morgan fingerprint density at radius 2 is 2.00 bits per heavy atom. The predicted molar refractivity (Wildman–Crippen MR) is 69.6 cm³/mol. The number of hydrogen-bond acceptors (Lipinski definition) is 1. The summed E-state index contributed by atoms with van der Waals surface area (Å²) in [7, 11) is 1.62. The molecule has 0 bridgehead atoms. The molecule has 0 N–H and O–H groups in total. The second kappa shape index (κ2) is 8.06. The molecule has 0 amide bonds. The van der Waals surface area contributed by atoms with Crippen LogP contribution in [-0.2, 0) is 4.74 Å². The molecule has 0 unspecified atom stereocenters. The van der Waals surface area contributed by atoms with E-state index in [0.29, 0.717) is 0 Å². The van der Waals surface area contributed by atoms with E-state index in [0.717, 1.165) is 21.0 Å². The lowest BCUT2D eigenvalue weighted by Gasteiger charge is -1.97. The maximum Gasteiger partial charge on any atom is 0.0830 e. The van der Waals surface area contributed by atoms with E-state index in [1.807, 2.05) is 18.2 Å². The lowest BCUT2D eigenvalue weighted by atomic mass is 10.1. The van der Waals surface area contributed by atoms with Crippen LogP contribution in [0.3, 0.4) is 0 Å². The van der Waals surface area contributed by atoms with Gasteiger partial charge in [-0.2, -0.15) is 0 Å². The van der Waals surface area contributed by atoms with Gasteiger partial charge in [0.05, 0.1) is 16.8 Å². The van der Waals surface area contributed by atoms with Crippen LogP contribution in [0.4, 0.5) is 0 Å². The van der Waals surface area contributed by atoms with Crippen LogP contribution in [0.25, 0.3) is 0 Å². The first kappa shape index (κ1) is 13.7. The molecular formula is C11H14Br2O. The first-order valence-corrected chi connectivity index (χ1v) is 5.80. The van der Waals surface area contributed by atoms with E-state index in [1.54, 1.807) is 13.4 Å². The summed E-state index contributed by atoms with van der Waals surface area (Å²) in [4.78, 5) is 0. The van der Waals surface area contributed by atoms with Crippen molar-refractivity contribution < 1.29 is 4.74 Å². The second-order valence-electron chi connectivity index (χ2n) is 2.63. The SMILES string of the molecule is C=C(/C=C(C=C(Br)Br)\C=C\OC)CC. The molecule has 14 heavy (non-hydrogen) atoms. The zero-order valence-corrected chi connectivity index (χ0v) is 11.6. The van der Waals surface area contributed by atoms with Crippen LogP contribution in [0.2, 0.25) is 0 Å². The third kappa shape index (κ3) is 7.15. The maximum absolute atomic E-state index is 4.86. The van der Waals surface area contributed by atoms with Crippen LogP contribution in [0.1, 0.15) is 13.3 Å². The summed E-state index contributed by atoms with van der Waals surface area (Å²) >= 11 is 6.62. The monoisotopic (exact) mass is 320 g/mol. The normalized spacial score (nSPS) is 11.6. The molecule has 0 aliphatic rings. The van der Waals surface area contributed by atoms with E-state index in [-0.39, 0.29) is 0 Å². The van der Waals surface area contributed by atoms with Crippen molar-refractivity contribution >= 4 is 31.9 Å². The standard InChI is InChI=1S/C11H14Br2O/c1-4-9(2)7-10(5-6-14-3)8-11(12)13/h5-8H,2,4H2,1,3H3/b6-5+,10-7+. The largest absolute Gasteiger partial charge is 0.504 e. The Morgan fingerprint density at radius 1 is 1.36 bits per heavy atom. The van der Waals surface area contributed by atoms with Gasteiger partial charge in [-0.05, 0) is 56.0 Å². The van der Waals surface area contributed by atoms with Crippen molar-refractivity contribution in [3.8, 4) is 0 Å². The van der Waals surface area contributed by atoms with E-state index >= 15 is 0 Å². The van der Waals surface area contributed by atoms with E-state index in [1.165, 1.54) is 0 Å². The fourth-order valence-corrected chi connectivity index (χ4v) is 1.28. The fraction of sp³-hybridized carbons (Fsp3) is 0.273. The smallest absolute Gasteiger partial charge is 0.0830 e. The van der Waals surface area contributed by atoms with Crippen molar-refractivity contribution in [2.24, 2.45) is 0 Å². The lowest BCUT2D eigenvalue weighted by Crippen LogP contribution is -1.77. The molecule has 1 nitrogen and oxygen atoms in total. The molecule has 0 rings (SSSR count). The van der Waals surface area contributed by atoms with Crippen molar-refractivity contribution in [1.82, 2.24) is 0 Å². The zero-order chi connectivity index (χ0) is 11.0. The van der Waals surface area contributed by atoms with E-state index in [9.17, 15) is 0 Å². The molecule has 0 aromatic carbocycles. The quantitative estimate of drug-likeness (QED) is 0.528. The number of rotatable bonds is 5. The van der Waals surface area contributed by atoms with Crippen LogP contribution in [0.5, 0.6) is 0 Å². The Bertz CT molecular complexity index is 271. The highest BCUT2D eigenvalue weighted by atomic mass is 79.9. The maximum atomic E-state index is 4.86. The summed E-state index contributed by atoms with van der Waals surface area (Å²) < 4.78 is 5.75. The van der Waals surface area contributed by atoms with Crippen molar-refractivity contribution in [2.75, 3.05) is 7.11 Å². The average molecular weight is 322 g/mol. The number of halogens is 2. The highest BCUT2D eigenvalue weighted by Crippen LogP contribution is 2.18. The van der Waals surface area contributed by atoms with Crippen LogP contribution in [0.15, 0.2) is 45.6 Å². The second-order valence-corrected chi connectivity index (χ2v) is 5.40. The molecule has 0 fully saturated rings.